The van der Waals surface area contributed by atoms with E-state index in [9.17, 15) is 19.5 Å². The number of likely N-dealkylation sites (tertiary alicyclic amines) is 1. The van der Waals surface area contributed by atoms with E-state index in [1.807, 2.05) is 0 Å². The quantitative estimate of drug-likeness (QED) is 0.653. The molecule has 0 aliphatic carbocycles. The molecular weight excluding hydrogens is 444 g/mol. The first-order chi connectivity index (χ1) is 13.4. The number of methoxy groups -OCH3 is 2. The van der Waals surface area contributed by atoms with Crippen molar-refractivity contribution in [2.45, 2.75) is 44.8 Å². The van der Waals surface area contributed by atoms with Crippen LogP contribution in [0.2, 0.25) is 0 Å². The van der Waals surface area contributed by atoms with E-state index in [1.54, 1.807) is 32.9 Å². The van der Waals surface area contributed by atoms with Gasteiger partial charge in [0.1, 0.15) is 5.54 Å². The summed E-state index contributed by atoms with van der Waals surface area (Å²) in [5.41, 5.74) is -1.70. The Labute approximate surface area is 177 Å². The Hall–Kier alpha value is -2.13. The van der Waals surface area contributed by atoms with Gasteiger partial charge in [0.2, 0.25) is 11.8 Å². The first kappa shape index (κ1) is 21.6. The third-order valence-electron chi connectivity index (χ3n) is 5.72. The van der Waals surface area contributed by atoms with Gasteiger partial charge in [0.05, 0.1) is 30.5 Å². The minimum atomic E-state index is -1.58. The predicted octanol–water partition coefficient (Wildman–Crippen LogP) is 2.35. The number of hydrogen-bond donors (Lipinski definition) is 2. The third-order valence-corrected chi connectivity index (χ3v) is 6.31. The summed E-state index contributed by atoms with van der Waals surface area (Å²) < 4.78 is 11.3. The highest BCUT2D eigenvalue weighted by atomic mass is 79.9. The highest BCUT2D eigenvalue weighted by Gasteiger charge is 2.67. The lowest BCUT2D eigenvalue weighted by Crippen LogP contribution is -2.55. The van der Waals surface area contributed by atoms with Crippen LogP contribution in [0.15, 0.2) is 16.6 Å². The van der Waals surface area contributed by atoms with E-state index in [2.05, 4.69) is 21.2 Å². The zero-order valence-electron chi connectivity index (χ0n) is 17.2. The van der Waals surface area contributed by atoms with E-state index in [4.69, 9.17) is 9.47 Å². The van der Waals surface area contributed by atoms with Crippen LogP contribution in [0, 0.1) is 11.8 Å². The van der Waals surface area contributed by atoms with Crippen LogP contribution in [0.3, 0.4) is 0 Å². The number of rotatable bonds is 4. The fourth-order valence-corrected chi connectivity index (χ4v) is 5.02. The first-order valence-corrected chi connectivity index (χ1v) is 9.98. The van der Waals surface area contributed by atoms with E-state index in [0.29, 0.717) is 21.5 Å². The molecule has 0 aromatic heterocycles. The number of imide groups is 1. The molecule has 2 aliphatic heterocycles. The lowest BCUT2D eigenvalue weighted by atomic mass is 9.80. The van der Waals surface area contributed by atoms with Crippen LogP contribution < -0.4 is 14.8 Å². The normalized spacial score (nSPS) is 29.2. The summed E-state index contributed by atoms with van der Waals surface area (Å²) in [6, 6.07) is 2.77. The fraction of sp³-hybridized carbons (Fsp3) is 0.550. The van der Waals surface area contributed by atoms with Crippen molar-refractivity contribution in [3.8, 4) is 11.5 Å². The molecule has 1 aromatic rings. The molecule has 2 saturated heterocycles. The van der Waals surface area contributed by atoms with Crippen molar-refractivity contribution in [1.29, 1.82) is 0 Å². The van der Waals surface area contributed by atoms with Gasteiger partial charge in [0.25, 0.3) is 0 Å². The number of ether oxygens (including phenoxy) is 2. The van der Waals surface area contributed by atoms with Gasteiger partial charge in [0.15, 0.2) is 11.5 Å². The fourth-order valence-electron chi connectivity index (χ4n) is 4.40. The van der Waals surface area contributed by atoms with Gasteiger partial charge in [-0.25, -0.2) is 0 Å². The van der Waals surface area contributed by atoms with Crippen LogP contribution in [0.25, 0.3) is 0 Å². The maximum Gasteiger partial charge on any atom is 0.324 e. The molecule has 9 heteroatoms. The Balaban J connectivity index is 2.17. The van der Waals surface area contributed by atoms with Crippen molar-refractivity contribution in [3.05, 3.63) is 22.2 Å². The molecule has 2 aliphatic rings. The minimum Gasteiger partial charge on any atom is -0.493 e. The molecule has 8 nitrogen and oxygen atoms in total. The van der Waals surface area contributed by atoms with E-state index < -0.39 is 40.8 Å². The number of nitrogens with one attached hydrogen (secondary N) is 1. The number of amides is 2. The smallest absolute Gasteiger partial charge is 0.324 e. The van der Waals surface area contributed by atoms with Crippen LogP contribution in [0.5, 0.6) is 11.5 Å². The summed E-state index contributed by atoms with van der Waals surface area (Å²) in [4.78, 5) is 39.8. The van der Waals surface area contributed by atoms with E-state index in [1.165, 1.54) is 26.0 Å². The number of nitrogens with zero attached hydrogens (tertiary/aromatic N) is 1. The number of halogens is 1. The molecule has 2 amide bonds. The monoisotopic (exact) mass is 468 g/mol. The van der Waals surface area contributed by atoms with Crippen molar-refractivity contribution in [1.82, 2.24) is 10.2 Å². The molecule has 0 radical (unpaired) electrons. The summed E-state index contributed by atoms with van der Waals surface area (Å²) in [5, 5.41) is 13.0. The van der Waals surface area contributed by atoms with Crippen molar-refractivity contribution in [2.75, 3.05) is 14.2 Å². The molecule has 2 fully saturated rings. The molecule has 0 saturated carbocycles. The Kier molecular flexibility index (Phi) is 5.20. The molecule has 0 spiro atoms. The van der Waals surface area contributed by atoms with Crippen LogP contribution >= 0.6 is 15.9 Å². The van der Waals surface area contributed by atoms with E-state index in [-0.39, 0.29) is 5.91 Å². The van der Waals surface area contributed by atoms with E-state index in [0.717, 1.165) is 0 Å². The molecule has 4 unspecified atom stereocenters. The third kappa shape index (κ3) is 3.11. The number of carbonyl (C=O) groups is 3. The topological polar surface area (TPSA) is 105 Å². The number of hydrogen-bond acceptors (Lipinski definition) is 6. The second kappa shape index (κ2) is 6.98. The molecule has 29 heavy (non-hydrogen) atoms. The Bertz CT molecular complexity index is 896. The Morgan fingerprint density at radius 3 is 2.31 bits per heavy atom. The summed E-state index contributed by atoms with van der Waals surface area (Å²) in [7, 11) is 3.00. The van der Waals surface area contributed by atoms with Gasteiger partial charge < -0.3 is 14.6 Å². The summed E-state index contributed by atoms with van der Waals surface area (Å²) in [6.07, 6.45) is 0. The van der Waals surface area contributed by atoms with Gasteiger partial charge >= 0.3 is 5.97 Å². The number of fused-ring (bicyclic) bond motifs is 1. The number of carboxylic acid groups (broad SMARTS) is 1. The van der Waals surface area contributed by atoms with Crippen LogP contribution in [0.1, 0.15) is 39.3 Å². The molecule has 3 rings (SSSR count). The lowest BCUT2D eigenvalue weighted by Gasteiger charge is -2.34. The SMILES string of the molecule is COc1cc(C2NC(C)(C(=O)O)C3C(=O)N(C(C)(C)C)C(=O)C23)cc(Br)c1OC. The molecule has 158 valence electrons. The van der Waals surface area contributed by atoms with Gasteiger partial charge in [-0.15, -0.1) is 0 Å². The molecule has 4 atom stereocenters. The predicted molar refractivity (Wildman–Crippen MR) is 108 cm³/mol. The molecule has 1 aromatic carbocycles. The first-order valence-electron chi connectivity index (χ1n) is 9.19. The highest BCUT2D eigenvalue weighted by Crippen LogP contribution is 2.51. The number of benzene rings is 1. The molecule has 0 bridgehead atoms. The standard InChI is InChI=1S/C20H25BrN2O6/c1-19(2,3)23-16(24)12-13(17(23)25)20(4,18(26)27)22-14(12)9-7-10(21)15(29-6)11(8-9)28-5/h7-8,12-14,22H,1-6H3,(H,26,27). The van der Waals surface area contributed by atoms with Crippen molar-refractivity contribution < 1.29 is 29.0 Å². The van der Waals surface area contributed by atoms with Crippen LogP contribution in [-0.2, 0) is 14.4 Å². The second-order valence-electron chi connectivity index (χ2n) is 8.55. The van der Waals surface area contributed by atoms with E-state index >= 15 is 0 Å². The average Bonchev–Trinajstić information content (AvgIpc) is 3.08. The average molecular weight is 469 g/mol. The maximum atomic E-state index is 13.3. The zero-order valence-corrected chi connectivity index (χ0v) is 18.8. The van der Waals surface area contributed by atoms with Crippen LogP contribution in [0.4, 0.5) is 0 Å². The van der Waals surface area contributed by atoms with Crippen LogP contribution in [-0.4, -0.2) is 53.1 Å². The number of aliphatic carboxylic acids is 1. The lowest BCUT2D eigenvalue weighted by molar-refractivity contribution is -0.152. The maximum absolute atomic E-state index is 13.3. The largest absolute Gasteiger partial charge is 0.493 e. The van der Waals surface area contributed by atoms with Crippen molar-refractivity contribution in [2.24, 2.45) is 11.8 Å². The number of carbonyl (C=O) groups excluding carboxylic acids is 2. The highest BCUT2D eigenvalue weighted by molar-refractivity contribution is 9.10. The molecule has 2 N–H and O–H groups in total. The summed E-state index contributed by atoms with van der Waals surface area (Å²) in [5.74, 6) is -2.95. The van der Waals surface area contributed by atoms with Gasteiger partial charge in [-0.05, 0) is 61.3 Å². The zero-order chi connectivity index (χ0) is 21.9. The summed E-state index contributed by atoms with van der Waals surface area (Å²) in [6.45, 7) is 6.74. The van der Waals surface area contributed by atoms with Crippen molar-refractivity contribution in [3.63, 3.8) is 0 Å². The number of carboxylic acids is 1. The molecular formula is C20H25BrN2O6. The Morgan fingerprint density at radius 1 is 1.21 bits per heavy atom. The Morgan fingerprint density at radius 2 is 1.83 bits per heavy atom. The minimum absolute atomic E-state index is 0.374. The van der Waals surface area contributed by atoms with Gasteiger partial charge in [-0.3, -0.25) is 24.6 Å². The van der Waals surface area contributed by atoms with Gasteiger partial charge in [-0.2, -0.15) is 0 Å². The summed E-state index contributed by atoms with van der Waals surface area (Å²) >= 11 is 3.44. The van der Waals surface area contributed by atoms with Gasteiger partial charge in [0, 0.05) is 11.6 Å². The van der Waals surface area contributed by atoms with Gasteiger partial charge in [-0.1, -0.05) is 0 Å². The molecule has 2 heterocycles. The second-order valence-corrected chi connectivity index (χ2v) is 9.41. The van der Waals surface area contributed by atoms with Crippen molar-refractivity contribution >= 4 is 33.7 Å².